The molecule has 0 aliphatic heterocycles. The summed E-state index contributed by atoms with van der Waals surface area (Å²) in [5.74, 6) is -0.482. The zero-order valence-electron chi connectivity index (χ0n) is 10.3. The molecule has 3 nitrogen and oxygen atoms in total. The second-order valence-corrected chi connectivity index (χ2v) is 5.36. The predicted octanol–water partition coefficient (Wildman–Crippen LogP) is 4.60. The summed E-state index contributed by atoms with van der Waals surface area (Å²) in [6, 6.07) is 8.38. The Morgan fingerprint density at radius 1 is 1.19 bits per heavy atom. The highest BCUT2D eigenvalue weighted by molar-refractivity contribution is 8.00. The largest absolute Gasteiger partial charge is 0.446 e. The van der Waals surface area contributed by atoms with Crippen molar-refractivity contribution < 1.29 is 18.0 Å². The molecule has 1 heterocycles. The van der Waals surface area contributed by atoms with Crippen LogP contribution in [0.3, 0.4) is 0 Å². The fourth-order valence-corrected chi connectivity index (χ4v) is 2.24. The molecule has 0 saturated carbocycles. The minimum Gasteiger partial charge on any atom is -0.322 e. The summed E-state index contributed by atoms with van der Waals surface area (Å²) in [5, 5.41) is 2.59. The highest BCUT2D eigenvalue weighted by Crippen LogP contribution is 2.37. The molecule has 2 aromatic rings. The number of nitrogens with zero attached hydrogens (tertiary/aromatic N) is 1. The van der Waals surface area contributed by atoms with Gasteiger partial charge in [-0.25, -0.2) is 4.98 Å². The number of amides is 1. The number of pyridine rings is 1. The lowest BCUT2D eigenvalue weighted by Gasteiger charge is -2.08. The van der Waals surface area contributed by atoms with Gasteiger partial charge in [0.05, 0.1) is 5.56 Å². The Morgan fingerprint density at radius 2 is 1.86 bits per heavy atom. The van der Waals surface area contributed by atoms with E-state index in [1.165, 1.54) is 36.5 Å². The smallest absolute Gasteiger partial charge is 0.322 e. The number of anilines is 1. The van der Waals surface area contributed by atoms with E-state index in [0.717, 1.165) is 0 Å². The molecule has 1 aromatic carbocycles. The first-order chi connectivity index (χ1) is 9.85. The van der Waals surface area contributed by atoms with E-state index in [1.54, 1.807) is 6.07 Å². The molecule has 0 atom stereocenters. The van der Waals surface area contributed by atoms with Gasteiger partial charge in [-0.2, -0.15) is 13.2 Å². The van der Waals surface area contributed by atoms with Crippen molar-refractivity contribution in [3.05, 3.63) is 53.3 Å². The van der Waals surface area contributed by atoms with E-state index >= 15 is 0 Å². The minimum absolute atomic E-state index is 0.0416. The van der Waals surface area contributed by atoms with Gasteiger partial charge in [-0.05, 0) is 48.2 Å². The van der Waals surface area contributed by atoms with Crippen molar-refractivity contribution in [2.45, 2.75) is 10.4 Å². The Labute approximate surface area is 127 Å². The van der Waals surface area contributed by atoms with Crippen LogP contribution in [-0.4, -0.2) is 16.4 Å². The number of hydrogen-bond acceptors (Lipinski definition) is 3. The molecule has 0 fully saturated rings. The summed E-state index contributed by atoms with van der Waals surface area (Å²) in [7, 11) is 0. The van der Waals surface area contributed by atoms with Crippen molar-refractivity contribution >= 4 is 35.0 Å². The fraction of sp³-hybridized carbons (Fsp3) is 0.0769. The zero-order chi connectivity index (χ0) is 15.5. The number of nitrogens with one attached hydrogen (secondary N) is 1. The summed E-state index contributed by atoms with van der Waals surface area (Å²) in [4.78, 5) is 15.7. The van der Waals surface area contributed by atoms with Crippen LogP contribution < -0.4 is 5.32 Å². The van der Waals surface area contributed by atoms with Crippen LogP contribution in [0, 0.1) is 0 Å². The molecule has 0 spiro atoms. The van der Waals surface area contributed by atoms with E-state index in [4.69, 9.17) is 11.6 Å². The normalized spacial score (nSPS) is 11.2. The first-order valence-corrected chi connectivity index (χ1v) is 6.82. The molecule has 0 radical (unpaired) electrons. The van der Waals surface area contributed by atoms with Crippen LogP contribution >= 0.6 is 23.4 Å². The van der Waals surface area contributed by atoms with Crippen LogP contribution in [0.1, 0.15) is 10.4 Å². The van der Waals surface area contributed by atoms with Crippen LogP contribution in [-0.2, 0) is 0 Å². The van der Waals surface area contributed by atoms with Gasteiger partial charge >= 0.3 is 5.51 Å². The zero-order valence-corrected chi connectivity index (χ0v) is 11.9. The third-order valence-corrected chi connectivity index (χ3v) is 3.39. The van der Waals surface area contributed by atoms with E-state index in [9.17, 15) is 18.0 Å². The summed E-state index contributed by atoms with van der Waals surface area (Å²) in [6.45, 7) is 0. The van der Waals surface area contributed by atoms with Gasteiger partial charge in [-0.3, -0.25) is 4.79 Å². The molecular weight excluding hydrogens is 325 g/mol. The first-order valence-electron chi connectivity index (χ1n) is 5.63. The molecule has 1 N–H and O–H groups in total. The van der Waals surface area contributed by atoms with Crippen LogP contribution in [0.5, 0.6) is 0 Å². The number of carbonyl (C=O) groups is 1. The first kappa shape index (κ1) is 15.7. The second kappa shape index (κ2) is 6.36. The van der Waals surface area contributed by atoms with Gasteiger partial charge in [0, 0.05) is 16.8 Å². The van der Waals surface area contributed by atoms with Crippen LogP contribution in [0.4, 0.5) is 18.9 Å². The number of alkyl halides is 3. The molecule has 2 rings (SSSR count). The molecule has 0 aliphatic rings. The van der Waals surface area contributed by atoms with Crippen LogP contribution in [0.25, 0.3) is 0 Å². The standard InChI is InChI=1S/C13H8ClF3N2OS/c14-11-10(2-1-7-18-11)12(20)19-8-3-5-9(6-4-8)21-13(15,16)17/h1-7H,(H,19,20). The number of rotatable bonds is 3. The van der Waals surface area contributed by atoms with Gasteiger partial charge in [0.15, 0.2) is 0 Å². The summed E-state index contributed by atoms with van der Waals surface area (Å²) < 4.78 is 36.6. The van der Waals surface area contributed by atoms with Gasteiger partial charge in [0.25, 0.3) is 5.91 Å². The van der Waals surface area contributed by atoms with Crippen molar-refractivity contribution in [1.29, 1.82) is 0 Å². The number of carbonyl (C=O) groups excluding carboxylic acids is 1. The number of thioether (sulfide) groups is 1. The molecular formula is C13H8ClF3N2OS. The Morgan fingerprint density at radius 3 is 2.43 bits per heavy atom. The number of aromatic nitrogens is 1. The van der Waals surface area contributed by atoms with Crippen molar-refractivity contribution in [2.75, 3.05) is 5.32 Å². The number of hydrogen-bond donors (Lipinski definition) is 1. The van der Waals surface area contributed by atoms with Gasteiger partial charge in [0.1, 0.15) is 5.15 Å². The quantitative estimate of drug-likeness (QED) is 0.660. The third-order valence-electron chi connectivity index (χ3n) is 2.35. The van der Waals surface area contributed by atoms with Crippen molar-refractivity contribution in [3.63, 3.8) is 0 Å². The molecule has 1 amide bonds. The van der Waals surface area contributed by atoms with E-state index in [-0.39, 0.29) is 27.4 Å². The highest BCUT2D eigenvalue weighted by Gasteiger charge is 2.29. The van der Waals surface area contributed by atoms with Crippen molar-refractivity contribution in [1.82, 2.24) is 4.98 Å². The van der Waals surface area contributed by atoms with Crippen molar-refractivity contribution in [2.24, 2.45) is 0 Å². The molecule has 0 unspecified atom stereocenters. The molecule has 8 heteroatoms. The average Bonchev–Trinajstić information content (AvgIpc) is 2.40. The highest BCUT2D eigenvalue weighted by atomic mass is 35.5. The summed E-state index contributed by atoms with van der Waals surface area (Å²) in [6.07, 6.45) is 1.45. The molecule has 21 heavy (non-hydrogen) atoms. The molecule has 0 bridgehead atoms. The second-order valence-electron chi connectivity index (χ2n) is 3.87. The van der Waals surface area contributed by atoms with E-state index < -0.39 is 11.4 Å². The number of benzene rings is 1. The maximum absolute atomic E-state index is 12.2. The third kappa shape index (κ3) is 4.64. The Balaban J connectivity index is 2.07. The topological polar surface area (TPSA) is 42.0 Å². The van der Waals surface area contributed by atoms with Crippen LogP contribution in [0.2, 0.25) is 5.15 Å². The lowest BCUT2D eigenvalue weighted by Crippen LogP contribution is -2.12. The molecule has 110 valence electrons. The van der Waals surface area contributed by atoms with Gasteiger partial charge < -0.3 is 5.32 Å². The predicted molar refractivity (Wildman–Crippen MR) is 75.6 cm³/mol. The maximum Gasteiger partial charge on any atom is 0.446 e. The minimum atomic E-state index is -4.34. The SMILES string of the molecule is O=C(Nc1ccc(SC(F)(F)F)cc1)c1cccnc1Cl. The fourth-order valence-electron chi connectivity index (χ4n) is 1.49. The molecule has 0 saturated heterocycles. The molecule has 1 aromatic heterocycles. The Hall–Kier alpha value is -1.73. The van der Waals surface area contributed by atoms with E-state index in [2.05, 4.69) is 10.3 Å². The van der Waals surface area contributed by atoms with E-state index in [1.807, 2.05) is 0 Å². The Kier molecular flexibility index (Phi) is 4.74. The Bertz CT molecular complexity index is 647. The lowest BCUT2D eigenvalue weighted by molar-refractivity contribution is -0.0328. The number of halogens is 4. The van der Waals surface area contributed by atoms with Gasteiger partial charge in [0.2, 0.25) is 0 Å². The van der Waals surface area contributed by atoms with Gasteiger partial charge in [-0.1, -0.05) is 11.6 Å². The summed E-state index contributed by atoms with van der Waals surface area (Å²) >= 11 is 5.57. The summed E-state index contributed by atoms with van der Waals surface area (Å²) in [5.41, 5.74) is -3.78. The average molecular weight is 333 g/mol. The van der Waals surface area contributed by atoms with Gasteiger partial charge in [-0.15, -0.1) is 0 Å². The van der Waals surface area contributed by atoms with E-state index in [0.29, 0.717) is 5.69 Å². The molecule has 0 aliphatic carbocycles. The maximum atomic E-state index is 12.2. The monoisotopic (exact) mass is 332 g/mol. The van der Waals surface area contributed by atoms with Crippen LogP contribution in [0.15, 0.2) is 47.5 Å². The van der Waals surface area contributed by atoms with Crippen molar-refractivity contribution in [3.8, 4) is 0 Å². The lowest BCUT2D eigenvalue weighted by atomic mass is 10.2.